The summed E-state index contributed by atoms with van der Waals surface area (Å²) in [6.07, 6.45) is -7.48. The molecule has 2 unspecified atom stereocenters. The lowest BCUT2D eigenvalue weighted by atomic mass is 9.83. The van der Waals surface area contributed by atoms with E-state index in [9.17, 15) is 31.1 Å². The first-order chi connectivity index (χ1) is 13.8. The molecule has 0 bridgehead atoms. The van der Waals surface area contributed by atoms with Crippen molar-refractivity contribution in [2.75, 3.05) is 6.61 Å². The summed E-state index contributed by atoms with van der Waals surface area (Å²) in [5.41, 5.74) is 4.77. The zero-order chi connectivity index (χ0) is 22.3. The molecule has 4 nitrogen and oxygen atoms in total. The number of halogens is 6. The van der Waals surface area contributed by atoms with Crippen molar-refractivity contribution in [2.45, 2.75) is 37.5 Å². The third kappa shape index (κ3) is 4.36. The number of amides is 1. The van der Waals surface area contributed by atoms with Crippen molar-refractivity contribution in [3.05, 3.63) is 59.4 Å². The predicted molar refractivity (Wildman–Crippen MR) is 94.6 cm³/mol. The van der Waals surface area contributed by atoms with Crippen LogP contribution in [0.5, 0.6) is 5.75 Å². The second-order valence-electron chi connectivity index (χ2n) is 7.33. The first-order valence-corrected chi connectivity index (χ1v) is 8.97. The highest BCUT2D eigenvalue weighted by Crippen LogP contribution is 2.66. The Bertz CT molecular complexity index is 909. The van der Waals surface area contributed by atoms with Crippen molar-refractivity contribution in [1.82, 2.24) is 4.98 Å². The maximum atomic E-state index is 12.8. The smallest absolute Gasteiger partial charge is 0.422 e. The summed E-state index contributed by atoms with van der Waals surface area (Å²) in [5.74, 6) is -1.57. The van der Waals surface area contributed by atoms with Crippen LogP contribution in [0.1, 0.15) is 42.0 Å². The number of aromatic nitrogens is 1. The van der Waals surface area contributed by atoms with Crippen molar-refractivity contribution in [1.29, 1.82) is 0 Å². The molecular weight excluding hydrogens is 414 g/mol. The molecule has 1 aromatic heterocycles. The van der Waals surface area contributed by atoms with Crippen molar-refractivity contribution in [3.8, 4) is 5.75 Å². The van der Waals surface area contributed by atoms with Crippen molar-refractivity contribution in [2.24, 2.45) is 11.1 Å². The van der Waals surface area contributed by atoms with Crippen LogP contribution >= 0.6 is 0 Å². The van der Waals surface area contributed by atoms with Gasteiger partial charge < -0.3 is 10.5 Å². The van der Waals surface area contributed by atoms with Gasteiger partial charge in [-0.2, -0.15) is 26.3 Å². The number of nitrogens with two attached hydrogens (primary N) is 1. The maximum absolute atomic E-state index is 12.8. The molecule has 0 aliphatic heterocycles. The molecule has 0 radical (unpaired) electrons. The highest BCUT2D eigenvalue weighted by molar-refractivity contribution is 5.87. The summed E-state index contributed by atoms with van der Waals surface area (Å²) in [6, 6.07) is 7.32. The number of carbonyl (C=O) groups is 1. The van der Waals surface area contributed by atoms with Crippen LogP contribution < -0.4 is 10.5 Å². The van der Waals surface area contributed by atoms with Crippen LogP contribution in [0.4, 0.5) is 26.3 Å². The molecule has 3 rings (SSSR count). The van der Waals surface area contributed by atoms with Gasteiger partial charge in [0.25, 0.3) is 0 Å². The summed E-state index contributed by atoms with van der Waals surface area (Å²) in [5, 5.41) is 0. The molecule has 10 heteroatoms. The Morgan fingerprint density at radius 1 is 1.17 bits per heavy atom. The minimum atomic E-state index is -4.48. The number of rotatable bonds is 6. The molecule has 3 atom stereocenters. The van der Waals surface area contributed by atoms with Gasteiger partial charge in [-0.1, -0.05) is 19.1 Å². The van der Waals surface area contributed by atoms with E-state index in [2.05, 4.69) is 9.72 Å². The van der Waals surface area contributed by atoms with E-state index in [0.717, 1.165) is 18.3 Å². The fourth-order valence-corrected chi connectivity index (χ4v) is 3.73. The average Bonchev–Trinajstić information content (AvgIpc) is 3.42. The lowest BCUT2D eigenvalue weighted by Gasteiger charge is -2.22. The molecule has 30 heavy (non-hydrogen) atoms. The number of hydrogen-bond donors (Lipinski definition) is 1. The number of primary amides is 1. The molecule has 2 N–H and O–H groups in total. The minimum Gasteiger partial charge on any atom is -0.483 e. The Hall–Kier alpha value is -2.78. The van der Waals surface area contributed by atoms with Gasteiger partial charge in [0.1, 0.15) is 5.75 Å². The molecule has 1 fully saturated rings. The van der Waals surface area contributed by atoms with Gasteiger partial charge in [-0.25, -0.2) is 0 Å². The van der Waals surface area contributed by atoms with Crippen molar-refractivity contribution < 1.29 is 35.9 Å². The van der Waals surface area contributed by atoms with E-state index in [1.165, 1.54) is 24.3 Å². The monoisotopic (exact) mass is 432 g/mol. The van der Waals surface area contributed by atoms with Crippen LogP contribution in [0.3, 0.4) is 0 Å². The number of pyridine rings is 1. The fraction of sp³-hybridized carbons (Fsp3) is 0.400. The quantitative estimate of drug-likeness (QED) is 0.667. The zero-order valence-corrected chi connectivity index (χ0v) is 15.7. The molecule has 0 spiro atoms. The van der Waals surface area contributed by atoms with Crippen LogP contribution in [0, 0.1) is 5.41 Å². The molecule has 1 aromatic carbocycles. The average molecular weight is 432 g/mol. The van der Waals surface area contributed by atoms with Crippen LogP contribution in [-0.4, -0.2) is 23.7 Å². The van der Waals surface area contributed by atoms with Gasteiger partial charge in [0.15, 0.2) is 6.61 Å². The second-order valence-corrected chi connectivity index (χ2v) is 7.33. The molecule has 1 saturated carbocycles. The van der Waals surface area contributed by atoms with Gasteiger partial charge in [-0.15, -0.1) is 0 Å². The number of carbonyl (C=O) groups excluding carboxylic acids is 1. The predicted octanol–water partition coefficient (Wildman–Crippen LogP) is 4.80. The molecule has 2 aromatic rings. The van der Waals surface area contributed by atoms with Gasteiger partial charge in [0.05, 0.1) is 17.2 Å². The van der Waals surface area contributed by atoms with Crippen LogP contribution in [-0.2, 0) is 11.0 Å². The Balaban J connectivity index is 1.78. The number of hydrogen-bond acceptors (Lipinski definition) is 3. The summed E-state index contributed by atoms with van der Waals surface area (Å²) in [7, 11) is 0. The Labute approximate surface area is 168 Å². The molecular formula is C20H18F6N2O2. The molecule has 1 aliphatic rings. The summed E-state index contributed by atoms with van der Waals surface area (Å²) in [6.45, 7) is 0.248. The van der Waals surface area contributed by atoms with Crippen LogP contribution in [0.2, 0.25) is 0 Å². The van der Waals surface area contributed by atoms with E-state index in [4.69, 9.17) is 5.73 Å². The summed E-state index contributed by atoms with van der Waals surface area (Å²) >= 11 is 0. The third-order valence-electron chi connectivity index (χ3n) is 5.48. The van der Waals surface area contributed by atoms with E-state index in [1.54, 1.807) is 6.92 Å². The van der Waals surface area contributed by atoms with Gasteiger partial charge in [-0.05, 0) is 36.2 Å². The van der Waals surface area contributed by atoms with E-state index >= 15 is 0 Å². The number of alkyl halides is 6. The van der Waals surface area contributed by atoms with Gasteiger partial charge >= 0.3 is 12.4 Å². The zero-order valence-electron chi connectivity index (χ0n) is 15.7. The van der Waals surface area contributed by atoms with Gasteiger partial charge in [0.2, 0.25) is 5.91 Å². The number of nitrogens with zero attached hydrogens (tertiary/aromatic N) is 1. The number of ether oxygens (including phenoxy) is 1. The topological polar surface area (TPSA) is 65.2 Å². The summed E-state index contributed by atoms with van der Waals surface area (Å²) < 4.78 is 79.6. The van der Waals surface area contributed by atoms with Gasteiger partial charge in [-0.3, -0.25) is 9.78 Å². The molecule has 162 valence electrons. The van der Waals surface area contributed by atoms with E-state index in [1.807, 2.05) is 0 Å². The molecule has 1 aliphatic carbocycles. The molecule has 1 heterocycles. The lowest BCUT2D eigenvalue weighted by Crippen LogP contribution is -2.31. The Morgan fingerprint density at radius 2 is 1.80 bits per heavy atom. The normalized spacial score (nSPS) is 22.4. The summed E-state index contributed by atoms with van der Waals surface area (Å²) in [4.78, 5) is 16.3. The maximum Gasteiger partial charge on any atom is 0.422 e. The van der Waals surface area contributed by atoms with E-state index in [0.29, 0.717) is 17.7 Å². The third-order valence-corrected chi connectivity index (χ3v) is 5.48. The van der Waals surface area contributed by atoms with E-state index < -0.39 is 41.8 Å². The van der Waals surface area contributed by atoms with E-state index in [-0.39, 0.29) is 11.7 Å². The standard InChI is InChI=1S/C20H18F6N2O2/c1-11(16-7-6-14(9-28-16)30-10-19(21,22)23)18(17(27)29)8-15(18)12-2-4-13(5-3-12)20(24,25)26/h2-7,9,11,15H,8,10H2,1H3,(H2,27,29)/t11-,15?,18?/m0/s1. The Morgan fingerprint density at radius 3 is 2.27 bits per heavy atom. The van der Waals surface area contributed by atoms with Crippen molar-refractivity contribution in [3.63, 3.8) is 0 Å². The highest BCUT2D eigenvalue weighted by Gasteiger charge is 2.63. The first-order valence-electron chi connectivity index (χ1n) is 8.97. The molecule has 1 amide bonds. The fourth-order valence-electron chi connectivity index (χ4n) is 3.73. The number of benzene rings is 1. The van der Waals surface area contributed by atoms with Crippen LogP contribution in [0.15, 0.2) is 42.6 Å². The van der Waals surface area contributed by atoms with Gasteiger partial charge in [0, 0.05) is 17.5 Å². The van der Waals surface area contributed by atoms with Crippen molar-refractivity contribution >= 4 is 5.91 Å². The molecule has 0 saturated heterocycles. The Kier molecular flexibility index (Phi) is 5.46. The second kappa shape index (κ2) is 7.48. The first kappa shape index (κ1) is 21.9. The van der Waals surface area contributed by atoms with Crippen LogP contribution in [0.25, 0.3) is 0 Å². The minimum absolute atomic E-state index is 0.0773. The largest absolute Gasteiger partial charge is 0.483 e. The lowest BCUT2D eigenvalue weighted by molar-refractivity contribution is -0.153. The SMILES string of the molecule is C[C@@H](c1ccc(OCC(F)(F)F)cn1)C1(C(N)=O)CC1c1ccc(C(F)(F)F)cc1. The highest BCUT2D eigenvalue weighted by atomic mass is 19.4.